The average molecular weight is 473 g/mol. The third-order valence-electron chi connectivity index (χ3n) is 4.71. The first-order valence-corrected chi connectivity index (χ1v) is 10.7. The average Bonchev–Trinajstić information content (AvgIpc) is 3.23. The van der Waals surface area contributed by atoms with E-state index in [0.29, 0.717) is 22.6 Å². The van der Waals surface area contributed by atoms with E-state index in [4.69, 9.17) is 26.1 Å². The smallest absolute Gasteiger partial charge is 0.414 e. The molecule has 0 spiro atoms. The third kappa shape index (κ3) is 6.51. The van der Waals surface area contributed by atoms with E-state index in [-0.39, 0.29) is 32.1 Å². The molecular formula is C23H29FN6O4. The summed E-state index contributed by atoms with van der Waals surface area (Å²) in [7, 11) is 0. The van der Waals surface area contributed by atoms with Crippen LogP contribution in [0.3, 0.4) is 0 Å². The number of carbonyl (C=O) groups is 1. The molecule has 1 fully saturated rings. The number of benzene rings is 1. The summed E-state index contributed by atoms with van der Waals surface area (Å²) >= 11 is 0. The zero-order chi connectivity index (χ0) is 25.1. The lowest BCUT2D eigenvalue weighted by atomic mass is 10.1. The lowest BCUT2D eigenvalue weighted by Gasteiger charge is -2.17. The normalized spacial score (nSPS) is 15.6. The van der Waals surface area contributed by atoms with Crippen LogP contribution in [0.2, 0.25) is 0 Å². The van der Waals surface area contributed by atoms with Crippen molar-refractivity contribution in [2.24, 2.45) is 10.7 Å². The lowest BCUT2D eigenvalue weighted by molar-refractivity contribution is 0.145. The van der Waals surface area contributed by atoms with Crippen LogP contribution in [0, 0.1) is 11.2 Å². The molecule has 1 amide bonds. The molecule has 0 radical (unpaired) electrons. The molecule has 0 bridgehead atoms. The molecule has 1 aromatic heterocycles. The van der Waals surface area contributed by atoms with Gasteiger partial charge in [-0.15, -0.1) is 0 Å². The standard InChI is InChI=1S/C21H23FN6O4.C2H6/c22-18-9-15(28-12-16(32-21(28)31)11-25-19(24)5-7-29)2-3-17(18)14-1-4-20(26-10-14)27(13-23)6-8-30;1-2/h1-5,7,9-10,13,16,23,29-30H,6,8,11-12H2,(H2,24,25);1-2H3/b7-5-,23-13?;. The van der Waals surface area contributed by atoms with E-state index in [9.17, 15) is 9.18 Å². The fourth-order valence-electron chi connectivity index (χ4n) is 3.14. The number of aliphatic hydroxyl groups is 2. The van der Waals surface area contributed by atoms with Gasteiger partial charge >= 0.3 is 6.09 Å². The van der Waals surface area contributed by atoms with E-state index >= 15 is 0 Å². The van der Waals surface area contributed by atoms with Crippen LogP contribution in [-0.2, 0) is 4.74 Å². The van der Waals surface area contributed by atoms with Crippen molar-refractivity contribution in [2.45, 2.75) is 20.0 Å². The predicted molar refractivity (Wildman–Crippen MR) is 130 cm³/mol. The number of halogens is 1. The second kappa shape index (κ2) is 12.9. The van der Waals surface area contributed by atoms with Crippen molar-refractivity contribution >= 4 is 29.8 Å². The van der Waals surface area contributed by atoms with Crippen LogP contribution in [-0.4, -0.2) is 65.8 Å². The van der Waals surface area contributed by atoms with Gasteiger partial charge in [0.15, 0.2) is 0 Å². The fourth-order valence-corrected chi connectivity index (χ4v) is 3.14. The highest BCUT2D eigenvalue weighted by atomic mass is 19.1. The number of aliphatic imine (C=N–C) groups is 1. The number of aromatic nitrogens is 1. The molecule has 2 heterocycles. The molecule has 1 saturated heterocycles. The van der Waals surface area contributed by atoms with Gasteiger partial charge in [0.05, 0.1) is 38.0 Å². The molecule has 5 N–H and O–H groups in total. The Hall–Kier alpha value is -3.99. The molecule has 0 aliphatic carbocycles. The molecule has 34 heavy (non-hydrogen) atoms. The monoisotopic (exact) mass is 472 g/mol. The highest BCUT2D eigenvalue weighted by Crippen LogP contribution is 2.29. The summed E-state index contributed by atoms with van der Waals surface area (Å²) in [6.07, 6.45) is 3.33. The topological polar surface area (TPSA) is 148 Å². The van der Waals surface area contributed by atoms with Crippen LogP contribution in [0.4, 0.5) is 20.7 Å². The predicted octanol–water partition coefficient (Wildman–Crippen LogP) is 3.07. The van der Waals surface area contributed by atoms with Crippen LogP contribution in [0.25, 0.3) is 11.1 Å². The minimum absolute atomic E-state index is 0.0946. The van der Waals surface area contributed by atoms with Crippen LogP contribution < -0.4 is 15.5 Å². The Balaban J connectivity index is 0.00000199. The Morgan fingerprint density at radius 2 is 2.18 bits per heavy atom. The maximum absolute atomic E-state index is 14.8. The van der Waals surface area contributed by atoms with Gasteiger partial charge in [0, 0.05) is 29.9 Å². The summed E-state index contributed by atoms with van der Waals surface area (Å²) in [6.45, 7) is 4.38. The number of amides is 1. The van der Waals surface area contributed by atoms with Crippen molar-refractivity contribution in [3.8, 4) is 11.1 Å². The number of hydrogen-bond acceptors (Lipinski definition) is 7. The number of amidine groups is 1. The molecule has 182 valence electrons. The second-order valence-electron chi connectivity index (χ2n) is 6.81. The van der Waals surface area contributed by atoms with Crippen LogP contribution >= 0.6 is 0 Å². The number of carbonyl (C=O) groups excluding carboxylic acids is 1. The number of rotatable bonds is 9. The Morgan fingerprint density at radius 1 is 1.41 bits per heavy atom. The molecule has 2 aromatic rings. The fraction of sp³-hybridized carbons (Fsp3) is 0.304. The molecule has 1 atom stereocenters. The van der Waals surface area contributed by atoms with Crippen LogP contribution in [0.5, 0.6) is 0 Å². The zero-order valence-corrected chi connectivity index (χ0v) is 19.1. The molecule has 1 aromatic carbocycles. The first kappa shape index (κ1) is 26.3. The number of hydrogen-bond donors (Lipinski definition) is 4. The summed E-state index contributed by atoms with van der Waals surface area (Å²) in [6, 6.07) is 7.69. The number of cyclic esters (lactones) is 1. The van der Waals surface area contributed by atoms with Gasteiger partial charge in [-0.3, -0.25) is 15.3 Å². The Kier molecular flexibility index (Phi) is 9.96. The van der Waals surface area contributed by atoms with Crippen LogP contribution in [0.15, 0.2) is 53.9 Å². The van der Waals surface area contributed by atoms with Gasteiger partial charge < -0.3 is 25.6 Å². The number of anilines is 2. The summed E-state index contributed by atoms with van der Waals surface area (Å²) in [5, 5.41) is 25.1. The summed E-state index contributed by atoms with van der Waals surface area (Å²) in [5.74, 6) is 0.0125. The van der Waals surface area contributed by atoms with Gasteiger partial charge in [0.2, 0.25) is 0 Å². The maximum atomic E-state index is 14.8. The molecule has 3 rings (SSSR count). The van der Waals surface area contributed by atoms with E-state index in [2.05, 4.69) is 9.98 Å². The number of ether oxygens (including phenoxy) is 1. The second-order valence-corrected chi connectivity index (χ2v) is 6.81. The van der Waals surface area contributed by atoms with Gasteiger partial charge in [-0.1, -0.05) is 13.8 Å². The number of aliphatic hydroxyl groups excluding tert-OH is 2. The molecular weight excluding hydrogens is 443 g/mol. The van der Waals surface area contributed by atoms with E-state index < -0.39 is 18.0 Å². The first-order valence-electron chi connectivity index (χ1n) is 10.7. The maximum Gasteiger partial charge on any atom is 0.414 e. The summed E-state index contributed by atoms with van der Waals surface area (Å²) < 4.78 is 20.1. The van der Waals surface area contributed by atoms with Crippen molar-refractivity contribution in [3.63, 3.8) is 0 Å². The van der Waals surface area contributed by atoms with E-state index in [0.717, 1.165) is 12.6 Å². The summed E-state index contributed by atoms with van der Waals surface area (Å²) in [5.41, 5.74) is 6.72. The van der Waals surface area contributed by atoms with Crippen molar-refractivity contribution < 1.29 is 24.1 Å². The molecule has 1 unspecified atom stereocenters. The highest BCUT2D eigenvalue weighted by Gasteiger charge is 2.32. The number of pyridine rings is 1. The van der Waals surface area contributed by atoms with Gasteiger partial charge in [-0.05, 0) is 30.3 Å². The van der Waals surface area contributed by atoms with E-state index in [1.54, 1.807) is 24.3 Å². The Morgan fingerprint density at radius 3 is 2.76 bits per heavy atom. The Labute approximate surface area is 197 Å². The third-order valence-corrected chi connectivity index (χ3v) is 4.71. The van der Waals surface area contributed by atoms with Crippen molar-refractivity contribution in [3.05, 3.63) is 54.7 Å². The zero-order valence-electron chi connectivity index (χ0n) is 19.1. The molecule has 1 aliphatic heterocycles. The van der Waals surface area contributed by atoms with Crippen molar-refractivity contribution in [2.75, 3.05) is 36.0 Å². The number of nitrogens with one attached hydrogen (secondary N) is 1. The quantitative estimate of drug-likeness (QED) is 0.249. The van der Waals surface area contributed by atoms with Gasteiger partial charge in [0.25, 0.3) is 0 Å². The minimum Gasteiger partial charge on any atom is -0.515 e. The van der Waals surface area contributed by atoms with Gasteiger partial charge in [0.1, 0.15) is 23.6 Å². The molecule has 1 aliphatic rings. The van der Waals surface area contributed by atoms with Crippen LogP contribution in [0.1, 0.15) is 13.8 Å². The first-order chi connectivity index (χ1) is 16.5. The lowest BCUT2D eigenvalue weighted by Crippen LogP contribution is -2.25. The highest BCUT2D eigenvalue weighted by molar-refractivity contribution is 5.92. The largest absolute Gasteiger partial charge is 0.515 e. The SMILES string of the molecule is CC.N=CN(CCO)c1ccc(-c2ccc(N3CC(CN=C(N)/C=C\O)OC3=O)cc2F)cn1. The van der Waals surface area contributed by atoms with E-state index in [1.165, 1.54) is 28.1 Å². The van der Waals surface area contributed by atoms with E-state index in [1.807, 2.05) is 13.8 Å². The van der Waals surface area contributed by atoms with Gasteiger partial charge in [-0.25, -0.2) is 14.2 Å². The van der Waals surface area contributed by atoms with Crippen molar-refractivity contribution in [1.29, 1.82) is 5.41 Å². The Bertz CT molecular complexity index is 1030. The molecule has 11 heteroatoms. The summed E-state index contributed by atoms with van der Waals surface area (Å²) in [4.78, 5) is 23.2. The number of nitrogens with zero attached hydrogens (tertiary/aromatic N) is 4. The molecule has 0 saturated carbocycles. The minimum atomic E-state index is -0.615. The number of nitrogens with two attached hydrogens (primary N) is 1. The van der Waals surface area contributed by atoms with Crippen molar-refractivity contribution in [1.82, 2.24) is 4.98 Å². The molecule has 10 nitrogen and oxygen atoms in total. The van der Waals surface area contributed by atoms with Gasteiger partial charge in [-0.2, -0.15) is 0 Å².